The number of carbonyl (C=O) groups excluding carboxylic acids is 1. The van der Waals surface area contributed by atoms with Crippen LogP contribution in [-0.4, -0.2) is 36.6 Å². The van der Waals surface area contributed by atoms with Gasteiger partial charge >= 0.3 is 0 Å². The van der Waals surface area contributed by atoms with Gasteiger partial charge in [0.15, 0.2) is 0 Å². The highest BCUT2D eigenvalue weighted by molar-refractivity contribution is 5.87. The monoisotopic (exact) mass is 231 g/mol. The van der Waals surface area contributed by atoms with Crippen LogP contribution < -0.4 is 0 Å². The van der Waals surface area contributed by atoms with E-state index in [4.69, 9.17) is 4.74 Å². The molecular weight excluding hydrogens is 214 g/mol. The first-order chi connectivity index (χ1) is 8.29. The molecule has 0 N–H and O–H groups in total. The lowest BCUT2D eigenvalue weighted by molar-refractivity contribution is -0.126. The molecule has 3 nitrogen and oxygen atoms in total. The zero-order chi connectivity index (χ0) is 12.1. The van der Waals surface area contributed by atoms with Crippen LogP contribution in [0.5, 0.6) is 0 Å². The van der Waals surface area contributed by atoms with Crippen molar-refractivity contribution in [3.05, 3.63) is 48.6 Å². The summed E-state index contributed by atoms with van der Waals surface area (Å²) in [5, 5.41) is 0. The van der Waals surface area contributed by atoms with Crippen LogP contribution in [0.3, 0.4) is 0 Å². The minimum Gasteiger partial charge on any atom is -0.371 e. The fourth-order valence-electron chi connectivity index (χ4n) is 1.75. The second kappa shape index (κ2) is 5.64. The summed E-state index contributed by atoms with van der Waals surface area (Å²) in [6.45, 7) is 5.70. The third kappa shape index (κ3) is 3.71. The van der Waals surface area contributed by atoms with Crippen LogP contribution >= 0.6 is 0 Å². The van der Waals surface area contributed by atoms with Crippen LogP contribution in [0, 0.1) is 0 Å². The van der Waals surface area contributed by atoms with E-state index in [1.807, 2.05) is 18.2 Å². The summed E-state index contributed by atoms with van der Waals surface area (Å²) in [6, 6.07) is 10.2. The number of benzene rings is 1. The number of rotatable bonds is 6. The highest BCUT2D eigenvalue weighted by Gasteiger charge is 2.26. The van der Waals surface area contributed by atoms with E-state index in [2.05, 4.69) is 18.7 Å². The molecule has 1 aliphatic rings. The van der Waals surface area contributed by atoms with Gasteiger partial charge in [0.05, 0.1) is 12.7 Å². The maximum atomic E-state index is 11.6. The summed E-state index contributed by atoms with van der Waals surface area (Å²) in [4.78, 5) is 13.5. The number of epoxide rings is 1. The van der Waals surface area contributed by atoms with Gasteiger partial charge in [0.1, 0.15) is 0 Å². The number of amides is 1. The summed E-state index contributed by atoms with van der Waals surface area (Å²) in [6.07, 6.45) is 2.47. The molecule has 0 radical (unpaired) electrons. The molecule has 0 saturated carbocycles. The van der Waals surface area contributed by atoms with Crippen LogP contribution in [0.15, 0.2) is 43.0 Å². The molecule has 1 fully saturated rings. The molecule has 90 valence electrons. The van der Waals surface area contributed by atoms with E-state index in [0.717, 1.165) is 13.0 Å². The summed E-state index contributed by atoms with van der Waals surface area (Å²) < 4.78 is 5.16. The molecule has 2 rings (SSSR count). The van der Waals surface area contributed by atoms with Crippen molar-refractivity contribution >= 4 is 5.91 Å². The molecule has 0 aliphatic carbocycles. The molecular formula is C14H17NO2. The Morgan fingerprint density at radius 3 is 2.76 bits per heavy atom. The van der Waals surface area contributed by atoms with E-state index >= 15 is 0 Å². The molecule has 0 aromatic heterocycles. The minimum atomic E-state index is -0.0172. The van der Waals surface area contributed by atoms with E-state index in [1.54, 1.807) is 4.90 Å². The van der Waals surface area contributed by atoms with E-state index in [-0.39, 0.29) is 12.0 Å². The number of nitrogens with zero attached hydrogens (tertiary/aromatic N) is 1. The van der Waals surface area contributed by atoms with Crippen molar-refractivity contribution in [1.29, 1.82) is 0 Å². The molecule has 1 aromatic rings. The summed E-state index contributed by atoms with van der Waals surface area (Å²) >= 11 is 0. The molecule has 0 spiro atoms. The molecule has 1 amide bonds. The molecule has 1 atom stereocenters. The Kier molecular flexibility index (Phi) is 3.94. The first kappa shape index (κ1) is 11.9. The number of carbonyl (C=O) groups is 1. The minimum absolute atomic E-state index is 0.0172. The molecule has 0 bridgehead atoms. The normalized spacial score (nSPS) is 17.5. The number of ether oxygens (including phenoxy) is 1. The van der Waals surface area contributed by atoms with Gasteiger partial charge in [-0.1, -0.05) is 36.9 Å². The maximum absolute atomic E-state index is 11.6. The van der Waals surface area contributed by atoms with Crippen molar-refractivity contribution in [1.82, 2.24) is 4.90 Å². The smallest absolute Gasteiger partial charge is 0.246 e. The zero-order valence-electron chi connectivity index (χ0n) is 9.84. The van der Waals surface area contributed by atoms with E-state index in [0.29, 0.717) is 13.1 Å². The van der Waals surface area contributed by atoms with Gasteiger partial charge in [0.25, 0.3) is 0 Å². The van der Waals surface area contributed by atoms with Gasteiger partial charge in [-0.05, 0) is 18.1 Å². The molecule has 1 saturated heterocycles. The van der Waals surface area contributed by atoms with Crippen molar-refractivity contribution in [3.8, 4) is 0 Å². The third-order valence-corrected chi connectivity index (χ3v) is 2.83. The predicted octanol–water partition coefficient (Wildman–Crippen LogP) is 1.64. The Labute approximate surface area is 102 Å². The molecule has 1 aliphatic heterocycles. The third-order valence-electron chi connectivity index (χ3n) is 2.83. The van der Waals surface area contributed by atoms with Crippen LogP contribution in [-0.2, 0) is 16.0 Å². The predicted molar refractivity (Wildman–Crippen MR) is 66.7 cm³/mol. The first-order valence-corrected chi connectivity index (χ1v) is 5.86. The molecule has 1 heterocycles. The van der Waals surface area contributed by atoms with Gasteiger partial charge in [0.2, 0.25) is 5.91 Å². The van der Waals surface area contributed by atoms with E-state index in [1.165, 1.54) is 11.6 Å². The van der Waals surface area contributed by atoms with Crippen LogP contribution in [0.1, 0.15) is 5.56 Å². The lowest BCUT2D eigenvalue weighted by Crippen LogP contribution is -2.34. The van der Waals surface area contributed by atoms with E-state index in [9.17, 15) is 4.79 Å². The molecule has 1 unspecified atom stereocenters. The van der Waals surface area contributed by atoms with Gasteiger partial charge < -0.3 is 9.64 Å². The summed E-state index contributed by atoms with van der Waals surface area (Å²) in [7, 11) is 0. The van der Waals surface area contributed by atoms with Crippen LogP contribution in [0.4, 0.5) is 0 Å². The van der Waals surface area contributed by atoms with Crippen molar-refractivity contribution in [3.63, 3.8) is 0 Å². The Bertz CT molecular complexity index is 384. The first-order valence-electron chi connectivity index (χ1n) is 5.86. The van der Waals surface area contributed by atoms with Gasteiger partial charge in [-0.15, -0.1) is 0 Å². The number of hydrogen-bond donors (Lipinski definition) is 0. The average molecular weight is 231 g/mol. The topological polar surface area (TPSA) is 32.8 Å². The highest BCUT2D eigenvalue weighted by Crippen LogP contribution is 2.12. The number of hydrogen-bond acceptors (Lipinski definition) is 2. The maximum Gasteiger partial charge on any atom is 0.246 e. The van der Waals surface area contributed by atoms with Crippen LogP contribution in [0.2, 0.25) is 0 Å². The SMILES string of the molecule is C=CC(=O)N(CCc1ccccc1)CC1CO1. The fourth-order valence-corrected chi connectivity index (χ4v) is 1.75. The van der Waals surface area contributed by atoms with Crippen molar-refractivity contribution in [2.24, 2.45) is 0 Å². The zero-order valence-corrected chi connectivity index (χ0v) is 9.84. The van der Waals surface area contributed by atoms with Gasteiger partial charge in [0, 0.05) is 13.1 Å². The molecule has 3 heteroatoms. The fraction of sp³-hybridized carbons (Fsp3) is 0.357. The van der Waals surface area contributed by atoms with Gasteiger partial charge in [-0.3, -0.25) is 4.79 Å². The quantitative estimate of drug-likeness (QED) is 0.551. The van der Waals surface area contributed by atoms with Crippen LogP contribution in [0.25, 0.3) is 0 Å². The second-order valence-electron chi connectivity index (χ2n) is 4.18. The Hall–Kier alpha value is -1.61. The standard InChI is InChI=1S/C14H17NO2/c1-2-14(16)15(10-13-11-17-13)9-8-12-6-4-3-5-7-12/h2-7,13H,1,8-11H2. The highest BCUT2D eigenvalue weighted by atomic mass is 16.6. The molecule has 17 heavy (non-hydrogen) atoms. The second-order valence-corrected chi connectivity index (χ2v) is 4.18. The Morgan fingerprint density at radius 2 is 2.18 bits per heavy atom. The van der Waals surface area contributed by atoms with Crippen molar-refractivity contribution in [2.45, 2.75) is 12.5 Å². The Morgan fingerprint density at radius 1 is 1.47 bits per heavy atom. The van der Waals surface area contributed by atoms with Crippen molar-refractivity contribution < 1.29 is 9.53 Å². The largest absolute Gasteiger partial charge is 0.371 e. The lowest BCUT2D eigenvalue weighted by atomic mass is 10.1. The lowest BCUT2D eigenvalue weighted by Gasteiger charge is -2.20. The average Bonchev–Trinajstić information content (AvgIpc) is 3.18. The summed E-state index contributed by atoms with van der Waals surface area (Å²) in [5.74, 6) is -0.0172. The van der Waals surface area contributed by atoms with Gasteiger partial charge in [-0.2, -0.15) is 0 Å². The van der Waals surface area contributed by atoms with Crippen molar-refractivity contribution in [2.75, 3.05) is 19.7 Å². The van der Waals surface area contributed by atoms with E-state index < -0.39 is 0 Å². The Balaban J connectivity index is 1.88. The summed E-state index contributed by atoms with van der Waals surface area (Å²) in [5.41, 5.74) is 1.24. The molecule has 1 aromatic carbocycles. The van der Waals surface area contributed by atoms with Gasteiger partial charge in [-0.25, -0.2) is 0 Å².